The molecule has 0 saturated heterocycles. The van der Waals surface area contributed by atoms with Gasteiger partial charge in [0, 0.05) is 12.3 Å². The third kappa shape index (κ3) is 3.40. The Morgan fingerprint density at radius 2 is 1.69 bits per heavy atom. The molecule has 5 nitrogen and oxygen atoms in total. The van der Waals surface area contributed by atoms with Crippen LogP contribution in [0.15, 0.2) is 48.5 Å². The highest BCUT2D eigenvalue weighted by Gasteiger charge is 2.29. The number of hydrogen-bond donors (Lipinski definition) is 1. The molecule has 26 heavy (non-hydrogen) atoms. The van der Waals surface area contributed by atoms with Crippen LogP contribution in [0.25, 0.3) is 11.1 Å². The van der Waals surface area contributed by atoms with E-state index in [0.717, 1.165) is 22.3 Å². The predicted molar refractivity (Wildman–Crippen MR) is 97.5 cm³/mol. The minimum absolute atomic E-state index is 0.0386. The first kappa shape index (κ1) is 17.6. The van der Waals surface area contributed by atoms with E-state index in [-0.39, 0.29) is 18.9 Å². The lowest BCUT2D eigenvalue weighted by atomic mass is 9.98. The molecule has 1 unspecified atom stereocenters. The molecule has 0 saturated carbocycles. The third-order valence-electron chi connectivity index (χ3n) is 4.44. The normalized spacial score (nSPS) is 13.1. The number of carbonyl (C=O) groups excluding carboxylic acids is 2. The molecule has 1 atom stereocenters. The molecular weight excluding hydrogens is 330 g/mol. The summed E-state index contributed by atoms with van der Waals surface area (Å²) in [5.41, 5.74) is 4.54. The highest BCUT2D eigenvalue weighted by atomic mass is 16.6. The summed E-state index contributed by atoms with van der Waals surface area (Å²) < 4.78 is 10.0. The maximum atomic E-state index is 12.1. The van der Waals surface area contributed by atoms with Gasteiger partial charge in [-0.2, -0.15) is 0 Å². The molecular formula is C21H19NO4. The quantitative estimate of drug-likeness (QED) is 0.665. The van der Waals surface area contributed by atoms with Crippen molar-refractivity contribution in [1.82, 2.24) is 5.32 Å². The smallest absolute Gasteiger partial charge is 0.407 e. The predicted octanol–water partition coefficient (Wildman–Crippen LogP) is 3.09. The standard InChI is InChI=1S/C21H19NO4/c1-3-8-19(20(23)25-2)22-21(24)26-13-18-16-11-6-4-9-14(16)15-10-5-7-12-17(15)18/h1,4-7,9-12,18-19H,8,13H2,2H3,(H,22,24). The van der Waals surface area contributed by atoms with E-state index >= 15 is 0 Å². The van der Waals surface area contributed by atoms with E-state index < -0.39 is 18.1 Å². The van der Waals surface area contributed by atoms with Crippen molar-refractivity contribution in [2.45, 2.75) is 18.4 Å². The summed E-state index contributed by atoms with van der Waals surface area (Å²) in [6.07, 6.45) is 4.57. The minimum Gasteiger partial charge on any atom is -0.467 e. The van der Waals surface area contributed by atoms with E-state index in [1.165, 1.54) is 7.11 Å². The molecule has 2 aromatic carbocycles. The SMILES string of the molecule is C#CCC(NC(=O)OCC1c2ccccc2-c2ccccc21)C(=O)OC. The van der Waals surface area contributed by atoms with Crippen molar-refractivity contribution in [3.63, 3.8) is 0 Å². The van der Waals surface area contributed by atoms with Crippen LogP contribution in [0.1, 0.15) is 23.5 Å². The van der Waals surface area contributed by atoms with E-state index in [2.05, 4.69) is 28.1 Å². The number of rotatable bonds is 5. The average molecular weight is 349 g/mol. The van der Waals surface area contributed by atoms with E-state index in [1.54, 1.807) is 0 Å². The van der Waals surface area contributed by atoms with Gasteiger partial charge in [-0.25, -0.2) is 9.59 Å². The number of fused-ring (bicyclic) bond motifs is 3. The van der Waals surface area contributed by atoms with E-state index in [4.69, 9.17) is 11.2 Å². The molecule has 5 heteroatoms. The zero-order valence-corrected chi connectivity index (χ0v) is 14.4. The van der Waals surface area contributed by atoms with Gasteiger partial charge in [0.05, 0.1) is 7.11 Å². The second kappa shape index (κ2) is 7.75. The molecule has 132 valence electrons. The van der Waals surface area contributed by atoms with Gasteiger partial charge in [0.2, 0.25) is 0 Å². The first-order valence-electron chi connectivity index (χ1n) is 8.28. The van der Waals surface area contributed by atoms with Gasteiger partial charge in [0.15, 0.2) is 0 Å². The van der Waals surface area contributed by atoms with Crippen molar-refractivity contribution < 1.29 is 19.1 Å². The van der Waals surface area contributed by atoms with Gasteiger partial charge in [-0.15, -0.1) is 12.3 Å². The molecule has 1 amide bonds. The van der Waals surface area contributed by atoms with Gasteiger partial charge in [-0.3, -0.25) is 0 Å². The van der Waals surface area contributed by atoms with Crippen LogP contribution >= 0.6 is 0 Å². The van der Waals surface area contributed by atoms with Crippen molar-refractivity contribution in [3.05, 3.63) is 59.7 Å². The molecule has 0 fully saturated rings. The Kier molecular flexibility index (Phi) is 5.23. The Bertz CT molecular complexity index is 823. The van der Waals surface area contributed by atoms with Crippen molar-refractivity contribution in [2.75, 3.05) is 13.7 Å². The zero-order chi connectivity index (χ0) is 18.5. The second-order valence-corrected chi connectivity index (χ2v) is 5.95. The molecule has 2 aromatic rings. The Labute approximate surface area is 152 Å². The van der Waals surface area contributed by atoms with Crippen LogP contribution in [0.3, 0.4) is 0 Å². The summed E-state index contributed by atoms with van der Waals surface area (Å²) >= 11 is 0. The van der Waals surface area contributed by atoms with E-state index in [9.17, 15) is 9.59 Å². The van der Waals surface area contributed by atoms with Crippen LogP contribution in [0, 0.1) is 12.3 Å². The fourth-order valence-electron chi connectivity index (χ4n) is 3.24. The van der Waals surface area contributed by atoms with E-state index in [1.807, 2.05) is 36.4 Å². The molecule has 0 aliphatic heterocycles. The number of methoxy groups -OCH3 is 1. The molecule has 3 rings (SSSR count). The topological polar surface area (TPSA) is 64.6 Å². The van der Waals surface area contributed by atoms with Crippen LogP contribution in [0.5, 0.6) is 0 Å². The molecule has 0 spiro atoms. The number of benzene rings is 2. The van der Waals surface area contributed by atoms with Crippen LogP contribution < -0.4 is 5.32 Å². The van der Waals surface area contributed by atoms with Crippen LogP contribution in [-0.2, 0) is 14.3 Å². The Balaban J connectivity index is 1.71. The fourth-order valence-corrected chi connectivity index (χ4v) is 3.24. The van der Waals surface area contributed by atoms with Crippen molar-refractivity contribution in [3.8, 4) is 23.5 Å². The van der Waals surface area contributed by atoms with Crippen molar-refractivity contribution in [1.29, 1.82) is 0 Å². The maximum Gasteiger partial charge on any atom is 0.407 e. The molecule has 0 heterocycles. The molecule has 1 aliphatic rings. The first-order chi connectivity index (χ1) is 12.7. The van der Waals surface area contributed by atoms with Gasteiger partial charge in [-0.1, -0.05) is 48.5 Å². The molecule has 0 radical (unpaired) electrons. The number of terminal acetylenes is 1. The number of alkyl carbamates (subject to hydrolysis) is 1. The largest absolute Gasteiger partial charge is 0.467 e. The van der Waals surface area contributed by atoms with Gasteiger partial charge >= 0.3 is 12.1 Å². The number of nitrogens with one attached hydrogen (secondary N) is 1. The van der Waals surface area contributed by atoms with Gasteiger partial charge in [0.1, 0.15) is 12.6 Å². The van der Waals surface area contributed by atoms with Crippen LogP contribution in [0.4, 0.5) is 4.79 Å². The number of amides is 1. The van der Waals surface area contributed by atoms with Gasteiger partial charge in [-0.05, 0) is 22.3 Å². The lowest BCUT2D eigenvalue weighted by molar-refractivity contribution is -0.142. The maximum absolute atomic E-state index is 12.1. The Morgan fingerprint density at radius 3 is 2.23 bits per heavy atom. The molecule has 1 aliphatic carbocycles. The minimum atomic E-state index is -0.916. The third-order valence-corrected chi connectivity index (χ3v) is 4.44. The van der Waals surface area contributed by atoms with Crippen LogP contribution in [-0.4, -0.2) is 31.8 Å². The van der Waals surface area contributed by atoms with Crippen LogP contribution in [0.2, 0.25) is 0 Å². The average Bonchev–Trinajstić information content (AvgIpc) is 2.99. The van der Waals surface area contributed by atoms with Crippen molar-refractivity contribution in [2.24, 2.45) is 0 Å². The highest BCUT2D eigenvalue weighted by Crippen LogP contribution is 2.44. The fraction of sp³-hybridized carbons (Fsp3) is 0.238. The molecule has 0 aromatic heterocycles. The summed E-state index contributed by atoms with van der Waals surface area (Å²) in [5, 5.41) is 2.46. The summed E-state index contributed by atoms with van der Waals surface area (Å²) in [6, 6.07) is 15.2. The summed E-state index contributed by atoms with van der Waals surface area (Å²) in [4.78, 5) is 23.8. The summed E-state index contributed by atoms with van der Waals surface area (Å²) in [7, 11) is 1.24. The van der Waals surface area contributed by atoms with E-state index in [0.29, 0.717) is 0 Å². The monoisotopic (exact) mass is 349 g/mol. The van der Waals surface area contributed by atoms with Gasteiger partial charge in [0.25, 0.3) is 0 Å². The Hall–Kier alpha value is -3.26. The first-order valence-corrected chi connectivity index (χ1v) is 8.28. The number of carbonyl (C=O) groups is 2. The number of ether oxygens (including phenoxy) is 2. The highest BCUT2D eigenvalue weighted by molar-refractivity contribution is 5.82. The number of hydrogen-bond acceptors (Lipinski definition) is 4. The number of esters is 1. The summed E-state index contributed by atoms with van der Waals surface area (Å²) in [5.74, 6) is 1.70. The lowest BCUT2D eigenvalue weighted by Gasteiger charge is -2.17. The molecule has 0 bridgehead atoms. The Morgan fingerprint density at radius 1 is 1.12 bits per heavy atom. The lowest BCUT2D eigenvalue weighted by Crippen LogP contribution is -2.41. The second-order valence-electron chi connectivity index (χ2n) is 5.95. The van der Waals surface area contributed by atoms with Gasteiger partial charge < -0.3 is 14.8 Å². The zero-order valence-electron chi connectivity index (χ0n) is 14.4. The van der Waals surface area contributed by atoms with Crippen molar-refractivity contribution >= 4 is 12.1 Å². The molecule has 1 N–H and O–H groups in total. The summed E-state index contributed by atoms with van der Waals surface area (Å²) in [6.45, 7) is 0.170.